The molecular weight excluding hydrogens is 460 g/mol. The number of likely N-dealkylation sites (N-methyl/N-ethyl adjacent to an activating group) is 1. The van der Waals surface area contributed by atoms with Crippen LogP contribution in [0.25, 0.3) is 0 Å². The first-order valence-electron chi connectivity index (χ1n) is 11.8. The number of hydrogen-bond acceptors (Lipinski definition) is 7. The maximum atomic E-state index is 13.5. The van der Waals surface area contributed by atoms with Gasteiger partial charge in [-0.05, 0) is 47.0 Å². The smallest absolute Gasteiger partial charge is 0.328 e. The Bertz CT molecular complexity index is 859. The molecule has 3 aliphatic rings. The molecule has 3 saturated heterocycles. The number of fused-ring (bicyclic) bond motifs is 3. The van der Waals surface area contributed by atoms with Gasteiger partial charge in [-0.2, -0.15) is 11.8 Å². The van der Waals surface area contributed by atoms with Gasteiger partial charge >= 0.3 is 5.97 Å². The minimum absolute atomic E-state index is 0.0573. The van der Waals surface area contributed by atoms with Crippen LogP contribution < -0.4 is 5.32 Å². The third-order valence-corrected chi connectivity index (χ3v) is 7.80. The van der Waals surface area contributed by atoms with Crippen molar-refractivity contribution in [2.45, 2.75) is 88.9 Å². The molecule has 11 heteroatoms. The molecule has 2 bridgehead atoms. The second-order valence-corrected chi connectivity index (χ2v) is 11.7. The van der Waals surface area contributed by atoms with Crippen LogP contribution in [-0.2, 0) is 28.7 Å². The van der Waals surface area contributed by atoms with Crippen LogP contribution in [0.2, 0.25) is 0 Å². The molecule has 0 radical (unpaired) electrons. The van der Waals surface area contributed by atoms with E-state index in [1.165, 1.54) is 25.8 Å². The predicted octanol–water partition coefficient (Wildman–Crippen LogP) is 0.387. The van der Waals surface area contributed by atoms with Crippen LogP contribution in [-0.4, -0.2) is 105 Å². The molecule has 5 atom stereocenters. The number of ether oxygens (including phenoxy) is 1. The van der Waals surface area contributed by atoms with Gasteiger partial charge in [-0.1, -0.05) is 0 Å². The van der Waals surface area contributed by atoms with Gasteiger partial charge in [0.25, 0.3) is 0 Å². The number of nitrogens with one attached hydrogen (secondary N) is 1. The fourth-order valence-electron chi connectivity index (χ4n) is 4.83. The summed E-state index contributed by atoms with van der Waals surface area (Å²) in [4.78, 5) is 68.0. The van der Waals surface area contributed by atoms with Gasteiger partial charge in [0.15, 0.2) is 0 Å². The van der Waals surface area contributed by atoms with Crippen LogP contribution in [0.5, 0.6) is 0 Å². The first-order valence-corrected chi connectivity index (χ1v) is 12.8. The number of likely N-dealkylation sites (tertiary alicyclic amines) is 1. The van der Waals surface area contributed by atoms with E-state index in [2.05, 4.69) is 5.32 Å². The Morgan fingerprint density at radius 1 is 1.24 bits per heavy atom. The molecule has 0 unspecified atom stereocenters. The summed E-state index contributed by atoms with van der Waals surface area (Å²) in [6.07, 6.45) is 1.84. The molecule has 190 valence electrons. The average molecular weight is 497 g/mol. The van der Waals surface area contributed by atoms with Gasteiger partial charge in [0.05, 0.1) is 6.54 Å². The lowest BCUT2D eigenvalue weighted by atomic mass is 10.1. The van der Waals surface area contributed by atoms with Crippen molar-refractivity contribution < 1.29 is 28.7 Å². The third kappa shape index (κ3) is 5.84. The van der Waals surface area contributed by atoms with Crippen molar-refractivity contribution in [2.24, 2.45) is 0 Å². The van der Waals surface area contributed by atoms with Crippen molar-refractivity contribution in [3.05, 3.63) is 0 Å². The summed E-state index contributed by atoms with van der Waals surface area (Å²) in [5.41, 5.74) is -0.671. The number of amides is 4. The zero-order valence-electron chi connectivity index (χ0n) is 20.8. The van der Waals surface area contributed by atoms with Gasteiger partial charge in [-0.15, -0.1) is 0 Å². The Balaban J connectivity index is 1.63. The summed E-state index contributed by atoms with van der Waals surface area (Å²) in [6.45, 7) is 8.55. The minimum atomic E-state index is -0.855. The number of nitrogens with zero attached hydrogens (tertiary/aromatic N) is 3. The van der Waals surface area contributed by atoms with E-state index >= 15 is 0 Å². The Kier molecular flexibility index (Phi) is 7.84. The predicted molar refractivity (Wildman–Crippen MR) is 127 cm³/mol. The second-order valence-electron chi connectivity index (χ2n) is 10.4. The van der Waals surface area contributed by atoms with Gasteiger partial charge in [0, 0.05) is 37.6 Å². The Morgan fingerprint density at radius 3 is 2.53 bits per heavy atom. The van der Waals surface area contributed by atoms with E-state index in [4.69, 9.17) is 4.74 Å². The standard InChI is InChI=1S/C23H36N4O6S/c1-13(22(32)33-23(3,4)5)24-19(29)11-25(6)20(30)17-8-7-15-12-34-16-9-18(21(31)27(15)17)26(10-16)14(2)28/h13,15-18H,7-12H2,1-6H3,(H,24,29)/t13-,15-,16-,17-,18-/m0/s1. The molecule has 0 aromatic carbocycles. The van der Waals surface area contributed by atoms with E-state index in [-0.39, 0.29) is 35.6 Å². The first-order chi connectivity index (χ1) is 15.8. The molecule has 1 N–H and O–H groups in total. The molecule has 3 fully saturated rings. The molecule has 3 heterocycles. The number of carbonyl (C=O) groups is 5. The highest BCUT2D eigenvalue weighted by molar-refractivity contribution is 8.00. The van der Waals surface area contributed by atoms with Crippen molar-refractivity contribution >= 4 is 41.4 Å². The average Bonchev–Trinajstić information content (AvgIpc) is 3.33. The van der Waals surface area contributed by atoms with Crippen LogP contribution in [0.4, 0.5) is 0 Å². The highest BCUT2D eigenvalue weighted by Gasteiger charge is 2.50. The maximum Gasteiger partial charge on any atom is 0.328 e. The van der Waals surface area contributed by atoms with Crippen LogP contribution >= 0.6 is 11.8 Å². The molecule has 0 aromatic heterocycles. The van der Waals surface area contributed by atoms with Crippen molar-refractivity contribution in [1.82, 2.24) is 20.0 Å². The van der Waals surface area contributed by atoms with Gasteiger partial charge in [-0.3, -0.25) is 19.2 Å². The summed E-state index contributed by atoms with van der Waals surface area (Å²) >= 11 is 1.76. The Labute approximate surface area is 205 Å². The monoisotopic (exact) mass is 496 g/mol. The zero-order chi connectivity index (χ0) is 25.4. The lowest BCUT2D eigenvalue weighted by molar-refractivity contribution is -0.158. The fourth-order valence-corrected chi connectivity index (χ4v) is 6.23. The molecular formula is C23H36N4O6S. The number of rotatable bonds is 5. The second kappa shape index (κ2) is 10.1. The molecule has 3 rings (SSSR count). The fraction of sp³-hybridized carbons (Fsp3) is 0.783. The topological polar surface area (TPSA) is 116 Å². The number of thioether (sulfide) groups is 1. The SMILES string of the molecule is CC(=O)N1C[C@@H]2C[C@H]1C(=O)N1[C@@H](CC[C@H]1C(=O)N(C)CC(=O)N[C@@H](C)C(=O)OC(C)(C)C)CS2. The molecule has 34 heavy (non-hydrogen) atoms. The lowest BCUT2D eigenvalue weighted by Gasteiger charge is -2.36. The van der Waals surface area contributed by atoms with Crippen molar-refractivity contribution in [3.8, 4) is 0 Å². The lowest BCUT2D eigenvalue weighted by Crippen LogP contribution is -2.56. The molecule has 0 aliphatic carbocycles. The van der Waals surface area contributed by atoms with E-state index in [0.717, 1.165) is 5.75 Å². The Morgan fingerprint density at radius 2 is 1.91 bits per heavy atom. The Hall–Kier alpha value is -2.30. The quantitative estimate of drug-likeness (QED) is 0.547. The summed E-state index contributed by atoms with van der Waals surface area (Å²) in [5.74, 6) is -0.923. The highest BCUT2D eigenvalue weighted by Crippen LogP contribution is 2.38. The van der Waals surface area contributed by atoms with Crippen molar-refractivity contribution in [3.63, 3.8) is 0 Å². The summed E-state index contributed by atoms with van der Waals surface area (Å²) in [5, 5.41) is 2.81. The summed E-state index contributed by atoms with van der Waals surface area (Å²) < 4.78 is 5.27. The van der Waals surface area contributed by atoms with Gasteiger partial charge in [0.1, 0.15) is 23.7 Å². The highest BCUT2D eigenvalue weighted by atomic mass is 32.2. The van der Waals surface area contributed by atoms with Gasteiger partial charge in [-0.25, -0.2) is 4.79 Å². The number of hydrogen-bond donors (Lipinski definition) is 1. The minimum Gasteiger partial charge on any atom is -0.458 e. The number of carbonyl (C=O) groups excluding carboxylic acids is 5. The van der Waals surface area contributed by atoms with E-state index in [1.54, 1.807) is 42.3 Å². The third-order valence-electron chi connectivity index (χ3n) is 6.41. The normalized spacial score (nSPS) is 27.4. The van der Waals surface area contributed by atoms with E-state index in [9.17, 15) is 24.0 Å². The molecule has 4 amide bonds. The van der Waals surface area contributed by atoms with Crippen molar-refractivity contribution in [2.75, 3.05) is 25.9 Å². The van der Waals surface area contributed by atoms with Crippen LogP contribution in [0.1, 0.15) is 53.9 Å². The first kappa shape index (κ1) is 26.3. The van der Waals surface area contributed by atoms with Gasteiger partial charge < -0.3 is 24.8 Å². The summed E-state index contributed by atoms with van der Waals surface area (Å²) in [7, 11) is 1.52. The van der Waals surface area contributed by atoms with E-state index in [0.29, 0.717) is 25.8 Å². The zero-order valence-corrected chi connectivity index (χ0v) is 21.6. The number of esters is 1. The van der Waals surface area contributed by atoms with Crippen molar-refractivity contribution in [1.29, 1.82) is 0 Å². The molecule has 10 nitrogen and oxygen atoms in total. The van der Waals surface area contributed by atoms with E-state index < -0.39 is 35.6 Å². The van der Waals surface area contributed by atoms with Crippen LogP contribution in [0.3, 0.4) is 0 Å². The molecule has 0 aromatic rings. The molecule has 0 spiro atoms. The summed E-state index contributed by atoms with van der Waals surface area (Å²) in [6, 6.07) is -2.11. The molecule has 0 saturated carbocycles. The largest absolute Gasteiger partial charge is 0.458 e. The van der Waals surface area contributed by atoms with E-state index in [1.807, 2.05) is 0 Å². The van der Waals surface area contributed by atoms with Crippen LogP contribution in [0.15, 0.2) is 0 Å². The molecule has 3 aliphatic heterocycles. The van der Waals surface area contributed by atoms with Crippen LogP contribution in [0, 0.1) is 0 Å². The van der Waals surface area contributed by atoms with Gasteiger partial charge in [0.2, 0.25) is 23.6 Å². The maximum absolute atomic E-state index is 13.5.